The van der Waals surface area contributed by atoms with Gasteiger partial charge in [0.25, 0.3) is 0 Å². The topological polar surface area (TPSA) is 9.86 Å². The lowest BCUT2D eigenvalue weighted by Crippen LogP contribution is -2.02. The second-order valence-electron chi connectivity index (χ2n) is 10.3. The van der Waals surface area contributed by atoms with Crippen LogP contribution in [0.5, 0.6) is 0 Å². The van der Waals surface area contributed by atoms with Gasteiger partial charge in [0.2, 0.25) is 0 Å². The lowest BCUT2D eigenvalue weighted by atomic mass is 10.2. The molecule has 216 valence electrons. The van der Waals surface area contributed by atoms with Gasteiger partial charge in [-0.15, -0.1) is 45.3 Å². The van der Waals surface area contributed by atoms with Crippen LogP contribution in [-0.2, 0) is 13.1 Å². The number of rotatable bonds is 8. The van der Waals surface area contributed by atoms with Gasteiger partial charge in [-0.05, 0) is 81.2 Å². The summed E-state index contributed by atoms with van der Waals surface area (Å²) in [6.07, 6.45) is 0. The largest absolute Gasteiger partial charge is 0.335 e. The van der Waals surface area contributed by atoms with Gasteiger partial charge in [0.1, 0.15) is 0 Å². The van der Waals surface area contributed by atoms with E-state index in [-0.39, 0.29) is 0 Å². The van der Waals surface area contributed by atoms with Gasteiger partial charge in [-0.3, -0.25) is 0 Å². The van der Waals surface area contributed by atoms with Crippen molar-refractivity contribution in [2.75, 3.05) is 0 Å². The van der Waals surface area contributed by atoms with Crippen molar-refractivity contribution in [3.63, 3.8) is 0 Å². The average molecular weight is 643 g/mol. The predicted octanol–water partition coefficient (Wildman–Crippen LogP) is 12.0. The molecule has 0 fully saturated rings. The maximum Gasteiger partial charge on any atom is 0.0590 e. The van der Waals surface area contributed by atoms with Crippen LogP contribution in [-0.4, -0.2) is 9.13 Å². The molecule has 0 aliphatic rings. The molecule has 0 radical (unpaired) electrons. The van der Waals surface area contributed by atoms with Gasteiger partial charge >= 0.3 is 0 Å². The molecule has 6 heteroatoms. The monoisotopic (exact) mass is 642 g/mol. The van der Waals surface area contributed by atoms with E-state index in [1.165, 1.54) is 53.4 Å². The minimum atomic E-state index is 0.897. The molecule has 0 N–H and O–H groups in total. The number of hydrogen-bond acceptors (Lipinski definition) is 4. The Kier molecular flexibility index (Phi) is 8.84. The Balaban J connectivity index is 0.000000142. The van der Waals surface area contributed by atoms with Crippen LogP contribution >= 0.6 is 45.3 Å². The summed E-state index contributed by atoms with van der Waals surface area (Å²) in [5, 5.41) is 8.56. The smallest absolute Gasteiger partial charge is 0.0590 e. The highest BCUT2D eigenvalue weighted by molar-refractivity contribution is 7.14. The van der Waals surface area contributed by atoms with Crippen molar-refractivity contribution in [1.82, 2.24) is 9.13 Å². The molecule has 0 saturated heterocycles. The molecule has 0 aliphatic heterocycles. The highest BCUT2D eigenvalue weighted by Gasteiger charge is 2.15. The molecule has 8 aromatic rings. The van der Waals surface area contributed by atoms with Gasteiger partial charge in [0.05, 0.1) is 42.3 Å². The second-order valence-corrected chi connectivity index (χ2v) is 14.1. The zero-order chi connectivity index (χ0) is 29.6. The average Bonchev–Trinajstić information content (AvgIpc) is 3.89. The summed E-state index contributed by atoms with van der Waals surface area (Å²) in [6, 6.07) is 47.5. The second kappa shape index (κ2) is 13.6. The van der Waals surface area contributed by atoms with E-state index in [0.29, 0.717) is 0 Å². The van der Waals surface area contributed by atoms with E-state index in [4.69, 9.17) is 0 Å². The van der Waals surface area contributed by atoms with Gasteiger partial charge in [-0.25, -0.2) is 0 Å². The van der Waals surface area contributed by atoms with Crippen molar-refractivity contribution in [3.8, 4) is 42.3 Å². The highest BCUT2D eigenvalue weighted by atomic mass is 32.1. The molecule has 0 atom stereocenters. The summed E-state index contributed by atoms with van der Waals surface area (Å²) < 4.78 is 4.85. The quantitative estimate of drug-likeness (QED) is 0.156. The standard InChI is InChI=1S/2C19H15NS2/c2*1-2-6-15(7-3-1)14-20-16(18-8-4-12-21-18)10-11-17(20)19-9-5-13-22-19/h2*1-13H,14H2. The first-order valence-electron chi connectivity index (χ1n) is 14.5. The molecular weight excluding hydrogens is 613 g/mol. The van der Waals surface area contributed by atoms with Crippen LogP contribution in [0.2, 0.25) is 0 Å². The Morgan fingerprint density at radius 2 is 0.614 bits per heavy atom. The molecule has 2 nitrogen and oxygen atoms in total. The van der Waals surface area contributed by atoms with Crippen LogP contribution in [0.1, 0.15) is 11.1 Å². The van der Waals surface area contributed by atoms with Crippen molar-refractivity contribution in [2.24, 2.45) is 0 Å². The Morgan fingerprint density at radius 1 is 0.318 bits per heavy atom. The van der Waals surface area contributed by atoms with E-state index in [9.17, 15) is 0 Å². The van der Waals surface area contributed by atoms with Crippen LogP contribution in [0, 0.1) is 0 Å². The highest BCUT2D eigenvalue weighted by Crippen LogP contribution is 2.35. The molecular formula is C38H30N2S4. The Bertz CT molecular complexity index is 1730. The minimum absolute atomic E-state index is 0.897. The fourth-order valence-corrected chi connectivity index (χ4v) is 8.41. The molecule has 44 heavy (non-hydrogen) atoms. The minimum Gasteiger partial charge on any atom is -0.335 e. The fourth-order valence-electron chi connectivity index (χ4n) is 5.37. The third kappa shape index (κ3) is 6.35. The van der Waals surface area contributed by atoms with Crippen molar-refractivity contribution >= 4 is 45.3 Å². The molecule has 0 unspecified atom stereocenters. The van der Waals surface area contributed by atoms with Gasteiger partial charge in [-0.2, -0.15) is 0 Å². The molecule has 6 heterocycles. The molecule has 8 rings (SSSR count). The molecule has 0 saturated carbocycles. The molecule has 0 spiro atoms. The lowest BCUT2D eigenvalue weighted by molar-refractivity contribution is 0.825. The van der Waals surface area contributed by atoms with Crippen LogP contribution in [0.4, 0.5) is 0 Å². The first kappa shape index (κ1) is 28.6. The zero-order valence-corrected chi connectivity index (χ0v) is 27.2. The lowest BCUT2D eigenvalue weighted by Gasteiger charge is -2.12. The maximum atomic E-state index is 2.42. The third-order valence-corrected chi connectivity index (χ3v) is 11.0. The van der Waals surface area contributed by atoms with E-state index >= 15 is 0 Å². The molecule has 6 aromatic heterocycles. The van der Waals surface area contributed by atoms with E-state index in [1.54, 1.807) is 45.3 Å². The van der Waals surface area contributed by atoms with Gasteiger partial charge in [0, 0.05) is 13.1 Å². The SMILES string of the molecule is c1ccc(Cn2c(-c3cccs3)ccc2-c2cccs2)cc1.c1ccc(Cn2c(-c3cccs3)ccc2-c2cccs2)cc1. The van der Waals surface area contributed by atoms with Gasteiger partial charge in [-0.1, -0.05) is 84.9 Å². The summed E-state index contributed by atoms with van der Waals surface area (Å²) in [5.41, 5.74) is 7.83. The summed E-state index contributed by atoms with van der Waals surface area (Å²) in [6.45, 7) is 1.79. The van der Waals surface area contributed by atoms with Crippen LogP contribution < -0.4 is 0 Å². The Hall–Kier alpha value is -4.20. The summed E-state index contributed by atoms with van der Waals surface area (Å²) in [5.74, 6) is 0. The maximum absolute atomic E-state index is 2.42. The number of nitrogens with zero attached hydrogens (tertiary/aromatic N) is 2. The van der Waals surface area contributed by atoms with Crippen molar-refractivity contribution in [2.45, 2.75) is 13.1 Å². The van der Waals surface area contributed by atoms with Crippen molar-refractivity contribution < 1.29 is 0 Å². The Labute approximate surface area is 274 Å². The molecule has 2 aromatic carbocycles. The zero-order valence-electron chi connectivity index (χ0n) is 24.0. The first-order chi connectivity index (χ1) is 21.8. The summed E-state index contributed by atoms with van der Waals surface area (Å²) in [7, 11) is 0. The molecule has 0 aliphatic carbocycles. The summed E-state index contributed by atoms with van der Waals surface area (Å²) >= 11 is 7.18. The van der Waals surface area contributed by atoms with E-state index in [0.717, 1.165) is 13.1 Å². The normalized spacial score (nSPS) is 10.9. The van der Waals surface area contributed by atoms with Crippen molar-refractivity contribution in [3.05, 3.63) is 166 Å². The Morgan fingerprint density at radius 3 is 0.864 bits per heavy atom. The van der Waals surface area contributed by atoms with Crippen LogP contribution in [0.15, 0.2) is 155 Å². The van der Waals surface area contributed by atoms with Gasteiger partial charge in [0.15, 0.2) is 0 Å². The molecule has 0 bridgehead atoms. The van der Waals surface area contributed by atoms with E-state index in [1.807, 2.05) is 0 Å². The first-order valence-corrected chi connectivity index (χ1v) is 18.0. The third-order valence-electron chi connectivity index (χ3n) is 7.42. The van der Waals surface area contributed by atoms with Gasteiger partial charge < -0.3 is 9.13 Å². The predicted molar refractivity (Wildman–Crippen MR) is 193 cm³/mol. The summed E-state index contributed by atoms with van der Waals surface area (Å²) in [4.78, 5) is 5.27. The number of aromatic nitrogens is 2. The number of benzene rings is 2. The van der Waals surface area contributed by atoms with Crippen LogP contribution in [0.3, 0.4) is 0 Å². The number of hydrogen-bond donors (Lipinski definition) is 0. The fraction of sp³-hybridized carbons (Fsp3) is 0.0526. The van der Waals surface area contributed by atoms with Crippen LogP contribution in [0.25, 0.3) is 42.3 Å². The van der Waals surface area contributed by atoms with E-state index < -0.39 is 0 Å². The number of thiophene rings is 4. The van der Waals surface area contributed by atoms with Crippen molar-refractivity contribution in [1.29, 1.82) is 0 Å². The van der Waals surface area contributed by atoms with E-state index in [2.05, 4.69) is 164 Å². The molecule has 0 amide bonds.